The average Bonchev–Trinajstić information content (AvgIpc) is 2.84. The molecule has 0 aliphatic rings. The van der Waals surface area contributed by atoms with Crippen LogP contribution in [0.4, 0.5) is 5.69 Å². The molecule has 0 saturated heterocycles. The first-order chi connectivity index (χ1) is 14.8. The molecule has 0 spiro atoms. The fraction of sp³-hybridized carbons (Fsp3) is 0.0370. The van der Waals surface area contributed by atoms with E-state index >= 15 is 0 Å². The SMILES string of the molecule is O=C(c1ccccc1)[C@H](c1ccccc1)N(C(=O)c1ccccc1)c1ccccc1. The van der Waals surface area contributed by atoms with Crippen molar-refractivity contribution in [1.29, 1.82) is 0 Å². The Labute approximate surface area is 176 Å². The van der Waals surface area contributed by atoms with E-state index < -0.39 is 6.04 Å². The van der Waals surface area contributed by atoms with Crippen molar-refractivity contribution in [2.24, 2.45) is 0 Å². The molecule has 1 amide bonds. The second kappa shape index (κ2) is 9.01. The van der Waals surface area contributed by atoms with Crippen LogP contribution in [0.15, 0.2) is 121 Å². The fourth-order valence-corrected chi connectivity index (χ4v) is 3.51. The zero-order valence-corrected chi connectivity index (χ0v) is 16.4. The number of hydrogen-bond donors (Lipinski definition) is 0. The molecule has 4 rings (SSSR count). The molecule has 30 heavy (non-hydrogen) atoms. The summed E-state index contributed by atoms with van der Waals surface area (Å²) < 4.78 is 0. The fourth-order valence-electron chi connectivity index (χ4n) is 3.51. The first-order valence-electron chi connectivity index (χ1n) is 9.83. The van der Waals surface area contributed by atoms with Gasteiger partial charge in [0.05, 0.1) is 0 Å². The van der Waals surface area contributed by atoms with Crippen molar-refractivity contribution < 1.29 is 9.59 Å². The van der Waals surface area contributed by atoms with E-state index in [9.17, 15) is 9.59 Å². The van der Waals surface area contributed by atoms with E-state index in [0.717, 1.165) is 5.56 Å². The molecule has 0 fully saturated rings. The van der Waals surface area contributed by atoms with Gasteiger partial charge in [0, 0.05) is 16.8 Å². The number of para-hydroxylation sites is 1. The smallest absolute Gasteiger partial charge is 0.259 e. The summed E-state index contributed by atoms with van der Waals surface area (Å²) in [5, 5.41) is 0. The molecular formula is C27H21NO2. The lowest BCUT2D eigenvalue weighted by atomic mass is 9.94. The van der Waals surface area contributed by atoms with Gasteiger partial charge in [-0.3, -0.25) is 14.5 Å². The van der Waals surface area contributed by atoms with E-state index in [4.69, 9.17) is 0 Å². The molecule has 0 unspecified atom stereocenters. The van der Waals surface area contributed by atoms with Gasteiger partial charge >= 0.3 is 0 Å². The Hall–Kier alpha value is -3.98. The standard InChI is InChI=1S/C27H21NO2/c29-26(22-15-7-2-8-16-22)25(21-13-5-1-6-14-21)28(24-19-11-4-12-20-24)27(30)23-17-9-3-10-18-23/h1-20,25H/t25-/m0/s1. The second-order valence-corrected chi connectivity index (χ2v) is 6.92. The third-order valence-corrected chi connectivity index (χ3v) is 4.95. The number of ketones is 1. The summed E-state index contributed by atoms with van der Waals surface area (Å²) >= 11 is 0. The van der Waals surface area contributed by atoms with Crippen molar-refractivity contribution in [3.8, 4) is 0 Å². The average molecular weight is 391 g/mol. The van der Waals surface area contributed by atoms with E-state index in [0.29, 0.717) is 16.8 Å². The lowest BCUT2D eigenvalue weighted by Crippen LogP contribution is -2.39. The van der Waals surface area contributed by atoms with E-state index in [-0.39, 0.29) is 11.7 Å². The van der Waals surface area contributed by atoms with Crippen molar-refractivity contribution in [3.63, 3.8) is 0 Å². The molecule has 146 valence electrons. The number of hydrogen-bond acceptors (Lipinski definition) is 2. The third-order valence-electron chi connectivity index (χ3n) is 4.95. The molecule has 0 bridgehead atoms. The van der Waals surface area contributed by atoms with Gasteiger partial charge in [0.25, 0.3) is 5.91 Å². The maximum atomic E-state index is 13.7. The number of carbonyl (C=O) groups is 2. The van der Waals surface area contributed by atoms with Gasteiger partial charge in [0.15, 0.2) is 5.78 Å². The summed E-state index contributed by atoms with van der Waals surface area (Å²) in [6.45, 7) is 0. The predicted molar refractivity (Wildman–Crippen MR) is 120 cm³/mol. The van der Waals surface area contributed by atoms with Gasteiger partial charge in [-0.15, -0.1) is 0 Å². The van der Waals surface area contributed by atoms with Crippen molar-refractivity contribution in [2.45, 2.75) is 6.04 Å². The maximum Gasteiger partial charge on any atom is 0.259 e. The summed E-state index contributed by atoms with van der Waals surface area (Å²) in [6, 6.07) is 36.2. The van der Waals surface area contributed by atoms with Gasteiger partial charge in [0.1, 0.15) is 6.04 Å². The summed E-state index contributed by atoms with van der Waals surface area (Å²) in [7, 11) is 0. The first kappa shape index (κ1) is 19.3. The molecule has 0 saturated carbocycles. The Morgan fingerprint density at radius 2 is 0.967 bits per heavy atom. The molecular weight excluding hydrogens is 370 g/mol. The van der Waals surface area contributed by atoms with Crippen LogP contribution in [0.2, 0.25) is 0 Å². The van der Waals surface area contributed by atoms with Crippen LogP contribution in [-0.4, -0.2) is 11.7 Å². The zero-order chi connectivity index (χ0) is 20.8. The van der Waals surface area contributed by atoms with Crippen molar-refractivity contribution in [2.75, 3.05) is 4.90 Å². The highest BCUT2D eigenvalue weighted by atomic mass is 16.2. The molecule has 1 atom stereocenters. The molecule has 0 N–H and O–H groups in total. The summed E-state index contributed by atoms with van der Waals surface area (Å²) in [4.78, 5) is 29.0. The number of carbonyl (C=O) groups excluding carboxylic acids is 2. The highest BCUT2D eigenvalue weighted by Gasteiger charge is 2.33. The van der Waals surface area contributed by atoms with Crippen molar-refractivity contribution in [3.05, 3.63) is 138 Å². The second-order valence-electron chi connectivity index (χ2n) is 6.92. The largest absolute Gasteiger partial charge is 0.293 e. The maximum absolute atomic E-state index is 13.7. The molecule has 0 aliphatic heterocycles. The van der Waals surface area contributed by atoms with Gasteiger partial charge in [-0.05, 0) is 29.8 Å². The molecule has 4 aromatic rings. The van der Waals surface area contributed by atoms with E-state index in [1.807, 2.05) is 97.1 Å². The summed E-state index contributed by atoms with van der Waals surface area (Å²) in [5.41, 5.74) is 2.53. The van der Waals surface area contributed by atoms with Crippen LogP contribution in [0.1, 0.15) is 32.3 Å². The Kier molecular flexibility index (Phi) is 5.81. The van der Waals surface area contributed by atoms with E-state index in [1.165, 1.54) is 0 Å². The molecule has 0 aromatic heterocycles. The normalized spacial score (nSPS) is 11.5. The van der Waals surface area contributed by atoms with Gasteiger partial charge in [-0.1, -0.05) is 97.1 Å². The molecule has 4 aromatic carbocycles. The predicted octanol–water partition coefficient (Wildman–Crippen LogP) is 5.96. The number of amides is 1. The minimum Gasteiger partial charge on any atom is -0.293 e. The van der Waals surface area contributed by atoms with Crippen LogP contribution >= 0.6 is 0 Å². The number of anilines is 1. The quantitative estimate of drug-likeness (QED) is 0.381. The first-order valence-corrected chi connectivity index (χ1v) is 9.83. The number of Topliss-reactive ketones (excluding diaryl/α,β-unsaturated/α-hetero) is 1. The molecule has 3 heteroatoms. The monoisotopic (exact) mass is 391 g/mol. The summed E-state index contributed by atoms with van der Waals surface area (Å²) in [5.74, 6) is -0.352. The van der Waals surface area contributed by atoms with Crippen LogP contribution in [0.5, 0.6) is 0 Å². The number of rotatable bonds is 6. The Bertz CT molecular complexity index is 1020. The molecule has 0 heterocycles. The molecule has 3 nitrogen and oxygen atoms in total. The topological polar surface area (TPSA) is 37.4 Å². The zero-order valence-electron chi connectivity index (χ0n) is 16.4. The van der Waals surface area contributed by atoms with Gasteiger partial charge in [0.2, 0.25) is 0 Å². The molecule has 0 aliphatic carbocycles. The van der Waals surface area contributed by atoms with Crippen molar-refractivity contribution >= 4 is 17.4 Å². The molecule has 0 radical (unpaired) electrons. The Morgan fingerprint density at radius 1 is 0.533 bits per heavy atom. The lowest BCUT2D eigenvalue weighted by Gasteiger charge is -2.31. The highest BCUT2D eigenvalue weighted by Crippen LogP contribution is 2.32. The highest BCUT2D eigenvalue weighted by molar-refractivity contribution is 6.13. The minimum absolute atomic E-state index is 0.130. The lowest BCUT2D eigenvalue weighted by molar-refractivity contribution is 0.0896. The Balaban J connectivity index is 1.89. The number of nitrogens with zero attached hydrogens (tertiary/aromatic N) is 1. The van der Waals surface area contributed by atoms with E-state index in [1.54, 1.807) is 29.2 Å². The minimum atomic E-state index is -0.788. The third kappa shape index (κ3) is 4.06. The van der Waals surface area contributed by atoms with E-state index in [2.05, 4.69) is 0 Å². The van der Waals surface area contributed by atoms with Crippen molar-refractivity contribution in [1.82, 2.24) is 0 Å². The summed E-state index contributed by atoms with van der Waals surface area (Å²) in [6.07, 6.45) is 0. The van der Waals surface area contributed by atoms with Crippen LogP contribution in [0.3, 0.4) is 0 Å². The van der Waals surface area contributed by atoms with Crippen LogP contribution < -0.4 is 4.90 Å². The van der Waals surface area contributed by atoms with Gasteiger partial charge in [-0.25, -0.2) is 0 Å². The number of benzene rings is 4. The van der Waals surface area contributed by atoms with Crippen LogP contribution in [0.25, 0.3) is 0 Å². The van der Waals surface area contributed by atoms with Crippen LogP contribution in [-0.2, 0) is 0 Å². The van der Waals surface area contributed by atoms with Gasteiger partial charge in [-0.2, -0.15) is 0 Å². The Morgan fingerprint density at radius 3 is 1.50 bits per heavy atom. The van der Waals surface area contributed by atoms with Crippen LogP contribution in [0, 0.1) is 0 Å². The van der Waals surface area contributed by atoms with Gasteiger partial charge < -0.3 is 0 Å².